The first-order chi connectivity index (χ1) is 9.97. The van der Waals surface area contributed by atoms with Crippen LogP contribution >= 0.6 is 0 Å². The van der Waals surface area contributed by atoms with Gasteiger partial charge in [0.15, 0.2) is 0 Å². The van der Waals surface area contributed by atoms with Crippen molar-refractivity contribution >= 4 is 11.9 Å². The number of carbonyl (C=O) groups excluding carboxylic acids is 1. The number of carbonyl (C=O) groups is 2. The molecule has 1 aliphatic heterocycles. The molecule has 21 heavy (non-hydrogen) atoms. The fourth-order valence-corrected chi connectivity index (χ4v) is 2.48. The normalized spacial score (nSPS) is 18.9. The number of nitrogens with one attached hydrogen (secondary N) is 1. The topological polar surface area (TPSA) is 82.5 Å². The lowest BCUT2D eigenvalue weighted by molar-refractivity contribution is 0.0695. The third kappa shape index (κ3) is 4.01. The van der Waals surface area contributed by atoms with E-state index in [1.165, 1.54) is 18.3 Å². The van der Waals surface area contributed by atoms with Crippen LogP contribution in [-0.4, -0.2) is 52.5 Å². The van der Waals surface area contributed by atoms with Crippen molar-refractivity contribution in [1.82, 2.24) is 15.2 Å². The van der Waals surface area contributed by atoms with E-state index in [1.807, 2.05) is 0 Å². The third-order valence-corrected chi connectivity index (χ3v) is 3.84. The van der Waals surface area contributed by atoms with Crippen LogP contribution in [0.25, 0.3) is 0 Å². The van der Waals surface area contributed by atoms with E-state index in [0.717, 1.165) is 19.5 Å². The zero-order valence-electron chi connectivity index (χ0n) is 12.4. The molecule has 1 saturated heterocycles. The van der Waals surface area contributed by atoms with Gasteiger partial charge < -0.3 is 15.3 Å². The van der Waals surface area contributed by atoms with Crippen LogP contribution in [0.5, 0.6) is 0 Å². The van der Waals surface area contributed by atoms with Crippen LogP contribution in [0.1, 0.15) is 41.1 Å². The molecular formula is C15H21N3O3. The SMILES string of the molecule is CC(C)N1CCC(CNC(=O)c2ccc(C(=O)O)cn2)C1. The molecule has 2 N–H and O–H groups in total. The Morgan fingerprint density at radius 3 is 2.76 bits per heavy atom. The maximum Gasteiger partial charge on any atom is 0.337 e. The van der Waals surface area contributed by atoms with E-state index in [0.29, 0.717) is 18.5 Å². The Labute approximate surface area is 124 Å². The van der Waals surface area contributed by atoms with E-state index < -0.39 is 5.97 Å². The van der Waals surface area contributed by atoms with Crippen molar-refractivity contribution < 1.29 is 14.7 Å². The molecule has 0 aromatic carbocycles. The summed E-state index contributed by atoms with van der Waals surface area (Å²) in [5.41, 5.74) is 0.327. The van der Waals surface area contributed by atoms with E-state index in [2.05, 4.69) is 29.0 Å². The zero-order chi connectivity index (χ0) is 15.4. The first-order valence-electron chi connectivity index (χ1n) is 7.19. The summed E-state index contributed by atoms with van der Waals surface area (Å²) in [7, 11) is 0. The van der Waals surface area contributed by atoms with Gasteiger partial charge in [-0.3, -0.25) is 9.78 Å². The average Bonchev–Trinajstić information content (AvgIpc) is 2.94. The Hall–Kier alpha value is -1.95. The minimum Gasteiger partial charge on any atom is -0.478 e. The quantitative estimate of drug-likeness (QED) is 0.853. The second-order valence-electron chi connectivity index (χ2n) is 5.69. The number of hydrogen-bond acceptors (Lipinski definition) is 4. The van der Waals surface area contributed by atoms with Crippen LogP contribution in [0, 0.1) is 5.92 Å². The molecule has 6 nitrogen and oxygen atoms in total. The minimum atomic E-state index is -1.05. The van der Waals surface area contributed by atoms with Crippen molar-refractivity contribution in [3.63, 3.8) is 0 Å². The summed E-state index contributed by atoms with van der Waals surface area (Å²) >= 11 is 0. The lowest BCUT2D eigenvalue weighted by Gasteiger charge is -2.20. The lowest BCUT2D eigenvalue weighted by Crippen LogP contribution is -2.33. The number of aromatic nitrogens is 1. The van der Waals surface area contributed by atoms with Crippen LogP contribution in [0.3, 0.4) is 0 Å². The number of amides is 1. The summed E-state index contributed by atoms with van der Waals surface area (Å²) in [5.74, 6) is -0.834. The number of likely N-dealkylation sites (tertiary alicyclic amines) is 1. The molecule has 1 aliphatic rings. The van der Waals surface area contributed by atoms with Crippen molar-refractivity contribution in [2.24, 2.45) is 5.92 Å². The van der Waals surface area contributed by atoms with Crippen molar-refractivity contribution in [3.05, 3.63) is 29.6 Å². The predicted molar refractivity (Wildman–Crippen MR) is 78.3 cm³/mol. The Balaban J connectivity index is 1.83. The highest BCUT2D eigenvalue weighted by Crippen LogP contribution is 2.17. The average molecular weight is 291 g/mol. The predicted octanol–water partition coefficient (Wildman–Crippen LogP) is 1.24. The third-order valence-electron chi connectivity index (χ3n) is 3.84. The molecule has 1 atom stereocenters. The largest absolute Gasteiger partial charge is 0.478 e. The van der Waals surface area contributed by atoms with Crippen LogP contribution in [0.15, 0.2) is 18.3 Å². The Kier molecular flexibility index (Phi) is 4.90. The molecule has 2 rings (SSSR count). The molecule has 1 amide bonds. The van der Waals surface area contributed by atoms with Gasteiger partial charge in [0.05, 0.1) is 5.56 Å². The molecule has 0 aliphatic carbocycles. The molecule has 1 fully saturated rings. The van der Waals surface area contributed by atoms with Gasteiger partial charge in [-0.2, -0.15) is 0 Å². The summed E-state index contributed by atoms with van der Waals surface area (Å²) in [6.45, 7) is 7.06. The van der Waals surface area contributed by atoms with Gasteiger partial charge in [-0.25, -0.2) is 4.79 Å². The molecule has 1 unspecified atom stereocenters. The fraction of sp³-hybridized carbons (Fsp3) is 0.533. The molecule has 0 spiro atoms. The fourth-order valence-electron chi connectivity index (χ4n) is 2.48. The van der Waals surface area contributed by atoms with E-state index >= 15 is 0 Å². The van der Waals surface area contributed by atoms with Crippen molar-refractivity contribution in [2.75, 3.05) is 19.6 Å². The first kappa shape index (κ1) is 15.4. The molecular weight excluding hydrogens is 270 g/mol. The monoisotopic (exact) mass is 291 g/mol. The summed E-state index contributed by atoms with van der Waals surface area (Å²) in [5, 5.41) is 11.7. The van der Waals surface area contributed by atoms with Crippen molar-refractivity contribution in [2.45, 2.75) is 26.3 Å². The van der Waals surface area contributed by atoms with Crippen LogP contribution < -0.4 is 5.32 Å². The lowest BCUT2D eigenvalue weighted by atomic mass is 10.1. The minimum absolute atomic E-state index is 0.0786. The Morgan fingerprint density at radius 2 is 2.24 bits per heavy atom. The van der Waals surface area contributed by atoms with Gasteiger partial charge >= 0.3 is 5.97 Å². The molecule has 2 heterocycles. The van der Waals surface area contributed by atoms with Gasteiger partial charge in [0.2, 0.25) is 0 Å². The standard InChI is InChI=1S/C15H21N3O3/c1-10(2)18-6-5-11(9-18)7-17-14(19)13-4-3-12(8-16-13)15(20)21/h3-4,8,10-11H,5-7,9H2,1-2H3,(H,17,19)(H,20,21). The number of nitrogens with zero attached hydrogens (tertiary/aromatic N) is 2. The molecule has 0 radical (unpaired) electrons. The summed E-state index contributed by atoms with van der Waals surface area (Å²) in [6.07, 6.45) is 2.29. The van der Waals surface area contributed by atoms with Crippen LogP contribution in [-0.2, 0) is 0 Å². The molecule has 0 saturated carbocycles. The summed E-state index contributed by atoms with van der Waals surface area (Å²) in [4.78, 5) is 29.0. The number of carboxylic acids is 1. The Bertz CT molecular complexity index is 513. The van der Waals surface area contributed by atoms with E-state index in [4.69, 9.17) is 5.11 Å². The van der Waals surface area contributed by atoms with Gasteiger partial charge in [0.25, 0.3) is 5.91 Å². The molecule has 6 heteroatoms. The van der Waals surface area contributed by atoms with Gasteiger partial charge in [-0.1, -0.05) is 0 Å². The maximum atomic E-state index is 12.0. The van der Waals surface area contributed by atoms with E-state index in [9.17, 15) is 9.59 Å². The Morgan fingerprint density at radius 1 is 1.48 bits per heavy atom. The number of rotatable bonds is 5. The highest BCUT2D eigenvalue weighted by atomic mass is 16.4. The molecule has 1 aromatic rings. The van der Waals surface area contributed by atoms with Gasteiger partial charge in [0, 0.05) is 25.3 Å². The van der Waals surface area contributed by atoms with Crippen LogP contribution in [0.4, 0.5) is 0 Å². The highest BCUT2D eigenvalue weighted by molar-refractivity contribution is 5.93. The second kappa shape index (κ2) is 6.67. The first-order valence-corrected chi connectivity index (χ1v) is 7.19. The van der Waals surface area contributed by atoms with Crippen LogP contribution in [0.2, 0.25) is 0 Å². The maximum absolute atomic E-state index is 12.0. The molecule has 114 valence electrons. The number of hydrogen-bond donors (Lipinski definition) is 2. The summed E-state index contributed by atoms with van der Waals surface area (Å²) in [6, 6.07) is 3.37. The molecule has 0 bridgehead atoms. The number of carboxylic acid groups (broad SMARTS) is 1. The number of pyridine rings is 1. The molecule has 1 aromatic heterocycles. The van der Waals surface area contributed by atoms with Gasteiger partial charge in [0.1, 0.15) is 5.69 Å². The smallest absolute Gasteiger partial charge is 0.337 e. The van der Waals surface area contributed by atoms with E-state index in [-0.39, 0.29) is 17.2 Å². The zero-order valence-corrected chi connectivity index (χ0v) is 12.4. The van der Waals surface area contributed by atoms with E-state index in [1.54, 1.807) is 0 Å². The van der Waals surface area contributed by atoms with Crippen molar-refractivity contribution in [3.8, 4) is 0 Å². The second-order valence-corrected chi connectivity index (χ2v) is 5.69. The summed E-state index contributed by atoms with van der Waals surface area (Å²) < 4.78 is 0. The van der Waals surface area contributed by atoms with Crippen molar-refractivity contribution in [1.29, 1.82) is 0 Å². The number of aromatic carboxylic acids is 1. The van der Waals surface area contributed by atoms with Gasteiger partial charge in [-0.05, 0) is 44.9 Å². The highest BCUT2D eigenvalue weighted by Gasteiger charge is 2.24. The van der Waals surface area contributed by atoms with Gasteiger partial charge in [-0.15, -0.1) is 0 Å².